The summed E-state index contributed by atoms with van der Waals surface area (Å²) in [4.78, 5) is 36.7. The minimum absolute atomic E-state index is 0.228. The van der Waals surface area contributed by atoms with Crippen molar-refractivity contribution >= 4 is 34.3 Å². The molecule has 0 unspecified atom stereocenters. The topological polar surface area (TPSA) is 93.3 Å². The maximum atomic E-state index is 13.8. The molecule has 0 aliphatic carbocycles. The van der Waals surface area contributed by atoms with Crippen LogP contribution in [0.4, 0.5) is 28.9 Å². The van der Waals surface area contributed by atoms with Crippen molar-refractivity contribution in [3.8, 4) is 0 Å². The number of rotatable bonds is 5. The number of nitrogens with zero attached hydrogens (tertiary/aromatic N) is 1. The highest BCUT2D eigenvalue weighted by atomic mass is 19.4. The maximum Gasteiger partial charge on any atom is 0.420 e. The summed E-state index contributed by atoms with van der Waals surface area (Å²) in [5, 5.41) is 4.34. The number of nitrogens with one attached hydrogen (secondary N) is 2. The third-order valence-electron chi connectivity index (χ3n) is 4.85. The lowest BCUT2D eigenvalue weighted by atomic mass is 10.1. The third-order valence-corrected chi connectivity index (χ3v) is 4.85. The Labute approximate surface area is 188 Å². The second-order valence-electron chi connectivity index (χ2n) is 7.16. The van der Waals surface area contributed by atoms with E-state index in [1.807, 2.05) is 0 Å². The van der Waals surface area contributed by atoms with Crippen molar-refractivity contribution in [3.05, 3.63) is 94.2 Å². The molecule has 0 aliphatic heterocycles. The Morgan fingerprint density at radius 1 is 0.941 bits per heavy atom. The molecule has 2 amide bonds. The number of aromatic nitrogens is 1. The van der Waals surface area contributed by atoms with Gasteiger partial charge in [-0.1, -0.05) is 24.3 Å². The van der Waals surface area contributed by atoms with Gasteiger partial charge in [0.05, 0.1) is 22.3 Å². The third kappa shape index (κ3) is 4.68. The molecule has 0 saturated carbocycles. The van der Waals surface area contributed by atoms with Gasteiger partial charge >= 0.3 is 11.9 Å². The molecule has 2 N–H and O–H groups in total. The Hall–Kier alpha value is -4.41. The van der Waals surface area contributed by atoms with Gasteiger partial charge in [0.1, 0.15) is 12.4 Å². The molecular weight excluding hydrogens is 458 g/mol. The minimum Gasteiger partial charge on any atom is -0.408 e. The van der Waals surface area contributed by atoms with Crippen LogP contribution >= 0.6 is 0 Å². The summed E-state index contributed by atoms with van der Waals surface area (Å²) < 4.78 is 60.8. The van der Waals surface area contributed by atoms with Gasteiger partial charge in [0.25, 0.3) is 5.91 Å². The van der Waals surface area contributed by atoms with Gasteiger partial charge in [-0.3, -0.25) is 14.2 Å². The number of amides is 2. The molecule has 0 aliphatic rings. The lowest BCUT2D eigenvalue weighted by Crippen LogP contribution is -2.26. The van der Waals surface area contributed by atoms with Crippen LogP contribution in [0.5, 0.6) is 0 Å². The molecule has 0 saturated heterocycles. The first kappa shape index (κ1) is 22.8. The van der Waals surface area contributed by atoms with Crippen LogP contribution < -0.4 is 16.4 Å². The van der Waals surface area contributed by atoms with E-state index < -0.39 is 47.4 Å². The highest BCUT2D eigenvalue weighted by Gasteiger charge is 2.34. The molecule has 1 heterocycles. The summed E-state index contributed by atoms with van der Waals surface area (Å²) in [6.45, 7) is -0.584. The quantitative estimate of drug-likeness (QED) is 0.413. The maximum absolute atomic E-state index is 13.8. The van der Waals surface area contributed by atoms with E-state index in [9.17, 15) is 31.9 Å². The van der Waals surface area contributed by atoms with E-state index in [1.54, 1.807) is 12.1 Å². The summed E-state index contributed by atoms with van der Waals surface area (Å²) in [5.74, 6) is -3.50. The zero-order valence-electron chi connectivity index (χ0n) is 17.2. The van der Waals surface area contributed by atoms with Gasteiger partial charge in [-0.05, 0) is 42.5 Å². The van der Waals surface area contributed by atoms with Crippen LogP contribution in [-0.2, 0) is 17.5 Å². The SMILES string of the molecule is O=C(Cn1c(=O)oc2ccccc21)Nc1ccc(NC(=O)c2ccccc2F)cc1C(F)(F)F. The lowest BCUT2D eigenvalue weighted by Gasteiger charge is -2.16. The van der Waals surface area contributed by atoms with Gasteiger partial charge in [-0.15, -0.1) is 0 Å². The fraction of sp³-hybridized carbons (Fsp3) is 0.0870. The molecule has 1 aromatic heterocycles. The van der Waals surface area contributed by atoms with E-state index in [2.05, 4.69) is 10.6 Å². The molecule has 34 heavy (non-hydrogen) atoms. The van der Waals surface area contributed by atoms with E-state index >= 15 is 0 Å². The Morgan fingerprint density at radius 2 is 1.65 bits per heavy atom. The molecule has 11 heteroatoms. The van der Waals surface area contributed by atoms with Crippen molar-refractivity contribution in [3.63, 3.8) is 0 Å². The predicted octanol–water partition coefficient (Wildman–Crippen LogP) is 4.64. The summed E-state index contributed by atoms with van der Waals surface area (Å²) in [7, 11) is 0. The number of oxazole rings is 1. The van der Waals surface area contributed by atoms with Crippen molar-refractivity contribution < 1.29 is 31.6 Å². The van der Waals surface area contributed by atoms with Crippen LogP contribution in [0, 0.1) is 5.82 Å². The van der Waals surface area contributed by atoms with E-state index in [0.717, 1.165) is 22.8 Å². The van der Waals surface area contributed by atoms with Crippen molar-refractivity contribution in [1.82, 2.24) is 4.57 Å². The van der Waals surface area contributed by atoms with Gasteiger partial charge in [-0.25, -0.2) is 9.18 Å². The monoisotopic (exact) mass is 473 g/mol. The molecule has 0 bridgehead atoms. The lowest BCUT2D eigenvalue weighted by molar-refractivity contribution is -0.136. The Kier molecular flexibility index (Phi) is 5.93. The fourth-order valence-electron chi connectivity index (χ4n) is 3.31. The molecule has 4 rings (SSSR count). The Bertz CT molecular complexity index is 1460. The molecule has 0 fully saturated rings. The standard InChI is InChI=1S/C23H15F4N3O4/c24-16-6-2-1-5-14(16)21(32)28-13-9-10-17(15(11-13)23(25,26)27)29-20(31)12-30-18-7-3-4-8-19(18)34-22(30)33/h1-11H,12H2,(H,28,32)(H,29,31). The summed E-state index contributed by atoms with van der Waals surface area (Å²) in [5.41, 5.74) is -1.88. The first-order valence-corrected chi connectivity index (χ1v) is 9.79. The zero-order valence-corrected chi connectivity index (χ0v) is 17.2. The van der Waals surface area contributed by atoms with Crippen LogP contribution in [-0.4, -0.2) is 16.4 Å². The fourth-order valence-corrected chi connectivity index (χ4v) is 3.31. The van der Waals surface area contributed by atoms with Crippen LogP contribution in [0.15, 0.2) is 75.9 Å². The van der Waals surface area contributed by atoms with Crippen molar-refractivity contribution in [2.24, 2.45) is 0 Å². The summed E-state index contributed by atoms with van der Waals surface area (Å²) >= 11 is 0. The normalized spacial score (nSPS) is 11.4. The van der Waals surface area contributed by atoms with Crippen LogP contribution in [0.25, 0.3) is 11.1 Å². The van der Waals surface area contributed by atoms with Crippen LogP contribution in [0.3, 0.4) is 0 Å². The minimum atomic E-state index is -4.89. The summed E-state index contributed by atoms with van der Waals surface area (Å²) in [6.07, 6.45) is -4.89. The molecule has 0 radical (unpaired) electrons. The molecule has 174 valence electrons. The number of hydrogen-bond acceptors (Lipinski definition) is 4. The molecule has 0 atom stereocenters. The van der Waals surface area contributed by atoms with Crippen molar-refractivity contribution in [1.29, 1.82) is 0 Å². The Morgan fingerprint density at radius 3 is 2.38 bits per heavy atom. The van der Waals surface area contributed by atoms with Gasteiger partial charge in [-0.2, -0.15) is 13.2 Å². The molecular formula is C23H15F4N3O4. The average molecular weight is 473 g/mol. The van der Waals surface area contributed by atoms with E-state index in [0.29, 0.717) is 11.6 Å². The first-order chi connectivity index (χ1) is 16.1. The highest BCUT2D eigenvalue weighted by molar-refractivity contribution is 6.04. The number of benzene rings is 3. The molecule has 3 aromatic carbocycles. The first-order valence-electron chi connectivity index (χ1n) is 9.79. The summed E-state index contributed by atoms with van der Waals surface area (Å²) in [6, 6.07) is 14.0. The number of fused-ring (bicyclic) bond motifs is 1. The van der Waals surface area contributed by atoms with Gasteiger partial charge in [0.15, 0.2) is 5.58 Å². The van der Waals surface area contributed by atoms with Gasteiger partial charge in [0, 0.05) is 5.69 Å². The van der Waals surface area contributed by atoms with Gasteiger partial charge < -0.3 is 15.1 Å². The van der Waals surface area contributed by atoms with E-state index in [1.165, 1.54) is 30.3 Å². The largest absolute Gasteiger partial charge is 0.420 e. The number of anilines is 2. The number of carbonyl (C=O) groups excluding carboxylic acids is 2. The number of para-hydroxylation sites is 2. The van der Waals surface area contributed by atoms with E-state index in [4.69, 9.17) is 4.42 Å². The van der Waals surface area contributed by atoms with Crippen molar-refractivity contribution in [2.75, 3.05) is 10.6 Å². The van der Waals surface area contributed by atoms with E-state index in [-0.39, 0.29) is 16.8 Å². The van der Waals surface area contributed by atoms with Gasteiger partial charge in [0.2, 0.25) is 5.91 Å². The highest BCUT2D eigenvalue weighted by Crippen LogP contribution is 2.36. The molecule has 0 spiro atoms. The van der Waals surface area contributed by atoms with Crippen molar-refractivity contribution in [2.45, 2.75) is 12.7 Å². The number of halogens is 4. The Balaban J connectivity index is 1.57. The zero-order chi connectivity index (χ0) is 24.5. The predicted molar refractivity (Wildman–Crippen MR) is 115 cm³/mol. The molecule has 7 nitrogen and oxygen atoms in total. The molecule has 4 aromatic rings. The van der Waals surface area contributed by atoms with Crippen LogP contribution in [0.2, 0.25) is 0 Å². The number of alkyl halides is 3. The smallest absolute Gasteiger partial charge is 0.408 e. The number of carbonyl (C=O) groups is 2. The second kappa shape index (κ2) is 8.85. The second-order valence-corrected chi connectivity index (χ2v) is 7.16. The van der Waals surface area contributed by atoms with Crippen LogP contribution in [0.1, 0.15) is 15.9 Å². The number of hydrogen-bond donors (Lipinski definition) is 2. The average Bonchev–Trinajstić information content (AvgIpc) is 3.09.